The molecule has 0 radical (unpaired) electrons. The molecule has 4 aromatic heterocycles. The smallest absolute Gasteiger partial charge is 0.231 e. The van der Waals surface area contributed by atoms with E-state index in [4.69, 9.17) is 14.9 Å². The first-order chi connectivity index (χ1) is 15.2. The molecule has 8 nitrogen and oxygen atoms in total. The molecule has 0 bridgehead atoms. The minimum atomic E-state index is -0.475. The van der Waals surface area contributed by atoms with Crippen LogP contribution in [0.3, 0.4) is 0 Å². The number of carbonyl (C=O) groups excluding carboxylic acids is 1. The molecule has 0 aliphatic carbocycles. The molecule has 8 heteroatoms. The van der Waals surface area contributed by atoms with Gasteiger partial charge in [0.1, 0.15) is 11.3 Å². The Bertz CT molecular complexity index is 1330. The molecule has 0 spiro atoms. The summed E-state index contributed by atoms with van der Waals surface area (Å²) in [5.74, 6) is 0.194. The van der Waals surface area contributed by atoms with Crippen LogP contribution in [0, 0.1) is 0 Å². The van der Waals surface area contributed by atoms with Crippen LogP contribution in [0.4, 0.5) is 0 Å². The zero-order valence-corrected chi connectivity index (χ0v) is 16.5. The van der Waals surface area contributed by atoms with Gasteiger partial charge in [0.05, 0.1) is 18.7 Å². The van der Waals surface area contributed by atoms with E-state index in [-0.39, 0.29) is 6.61 Å². The molecule has 154 valence electrons. The van der Waals surface area contributed by atoms with Crippen molar-refractivity contribution >= 4 is 22.5 Å². The Morgan fingerprint density at radius 3 is 2.84 bits per heavy atom. The highest BCUT2D eigenvalue weighted by atomic mass is 16.5. The summed E-state index contributed by atoms with van der Waals surface area (Å²) < 4.78 is 13.4. The molecular weight excluding hydrogens is 394 g/mol. The normalized spacial score (nSPS) is 12.3. The summed E-state index contributed by atoms with van der Waals surface area (Å²) in [6.07, 6.45) is 5.43. The van der Waals surface area contributed by atoms with E-state index in [2.05, 4.69) is 15.1 Å². The largest absolute Gasteiger partial charge is 0.477 e. The number of rotatable bonds is 7. The van der Waals surface area contributed by atoms with Crippen molar-refractivity contribution < 1.29 is 13.9 Å². The van der Waals surface area contributed by atoms with E-state index in [1.807, 2.05) is 42.5 Å². The number of aromatic nitrogens is 4. The van der Waals surface area contributed by atoms with Gasteiger partial charge >= 0.3 is 0 Å². The second-order valence-electron chi connectivity index (χ2n) is 7.11. The molecule has 1 unspecified atom stereocenters. The lowest BCUT2D eigenvalue weighted by Crippen LogP contribution is -2.23. The third kappa shape index (κ3) is 3.71. The van der Waals surface area contributed by atoms with Crippen molar-refractivity contribution in [2.24, 2.45) is 5.73 Å². The van der Waals surface area contributed by atoms with Crippen LogP contribution in [0.5, 0.6) is 5.88 Å². The fourth-order valence-corrected chi connectivity index (χ4v) is 3.55. The Morgan fingerprint density at radius 1 is 1.13 bits per heavy atom. The standard InChI is InChI=1S/C23H19N5O3/c24-23(29)17(16-5-3-10-25-13-16)9-11-30-22-8-7-21-26-14-18(28(21)27-22)20-12-15-4-1-2-6-19(15)31-20/h1-8,10,12-14,17H,9,11H2,(H2,24,29). The summed E-state index contributed by atoms with van der Waals surface area (Å²) in [7, 11) is 0. The zero-order valence-electron chi connectivity index (χ0n) is 16.5. The predicted molar refractivity (Wildman–Crippen MR) is 114 cm³/mol. The van der Waals surface area contributed by atoms with Gasteiger partial charge < -0.3 is 14.9 Å². The number of furan rings is 1. The van der Waals surface area contributed by atoms with E-state index in [9.17, 15) is 4.79 Å². The van der Waals surface area contributed by atoms with Crippen molar-refractivity contribution in [2.45, 2.75) is 12.3 Å². The van der Waals surface area contributed by atoms with Crippen molar-refractivity contribution in [3.8, 4) is 17.3 Å². The number of primary amides is 1. The Kier molecular flexibility index (Phi) is 4.80. The summed E-state index contributed by atoms with van der Waals surface area (Å²) in [4.78, 5) is 20.3. The van der Waals surface area contributed by atoms with Gasteiger partial charge in [-0.1, -0.05) is 24.3 Å². The molecule has 0 fully saturated rings. The van der Waals surface area contributed by atoms with E-state index in [0.717, 1.165) is 22.2 Å². The third-order valence-corrected chi connectivity index (χ3v) is 5.10. The Hall–Kier alpha value is -4.20. The maximum atomic E-state index is 11.9. The van der Waals surface area contributed by atoms with Crippen LogP contribution >= 0.6 is 0 Å². The highest BCUT2D eigenvalue weighted by Crippen LogP contribution is 2.28. The molecule has 5 rings (SSSR count). The summed E-state index contributed by atoms with van der Waals surface area (Å²) >= 11 is 0. The average molecular weight is 413 g/mol. The van der Waals surface area contributed by atoms with Crippen LogP contribution in [-0.4, -0.2) is 32.1 Å². The number of hydrogen-bond acceptors (Lipinski definition) is 6. The fraction of sp³-hybridized carbons (Fsp3) is 0.130. The number of imidazole rings is 1. The first-order valence-corrected chi connectivity index (χ1v) is 9.85. The van der Waals surface area contributed by atoms with Gasteiger partial charge in [-0.3, -0.25) is 9.78 Å². The molecule has 0 saturated heterocycles. The van der Waals surface area contributed by atoms with Crippen molar-refractivity contribution in [1.82, 2.24) is 19.6 Å². The quantitative estimate of drug-likeness (QED) is 0.437. The molecule has 4 heterocycles. The van der Waals surface area contributed by atoms with Gasteiger partial charge in [0.25, 0.3) is 0 Å². The molecule has 1 amide bonds. The third-order valence-electron chi connectivity index (χ3n) is 5.10. The molecule has 0 saturated carbocycles. The SMILES string of the molecule is NC(=O)C(CCOc1ccc2ncc(-c3cc4ccccc4o3)n2n1)c1cccnc1. The Morgan fingerprint density at radius 2 is 2.03 bits per heavy atom. The summed E-state index contributed by atoms with van der Waals surface area (Å²) in [6.45, 7) is 0.273. The van der Waals surface area contributed by atoms with Gasteiger partial charge in [-0.05, 0) is 36.2 Å². The highest BCUT2D eigenvalue weighted by Gasteiger charge is 2.18. The van der Waals surface area contributed by atoms with Crippen LogP contribution in [-0.2, 0) is 4.79 Å². The van der Waals surface area contributed by atoms with Gasteiger partial charge in [-0.15, -0.1) is 5.10 Å². The molecule has 1 aromatic carbocycles. The molecule has 0 aliphatic heterocycles. The first-order valence-electron chi connectivity index (χ1n) is 9.85. The van der Waals surface area contributed by atoms with E-state index in [1.54, 1.807) is 35.2 Å². The van der Waals surface area contributed by atoms with E-state index in [1.165, 1.54) is 0 Å². The average Bonchev–Trinajstić information content (AvgIpc) is 3.40. The lowest BCUT2D eigenvalue weighted by atomic mass is 9.97. The minimum Gasteiger partial charge on any atom is -0.477 e. The lowest BCUT2D eigenvalue weighted by Gasteiger charge is -2.13. The van der Waals surface area contributed by atoms with Gasteiger partial charge in [0.2, 0.25) is 11.8 Å². The number of nitrogens with two attached hydrogens (primary N) is 1. The van der Waals surface area contributed by atoms with Crippen LogP contribution in [0.1, 0.15) is 17.9 Å². The lowest BCUT2D eigenvalue weighted by molar-refractivity contribution is -0.119. The predicted octanol–water partition coefficient (Wildman–Crippen LogP) is 3.58. The molecule has 2 N–H and O–H groups in total. The van der Waals surface area contributed by atoms with E-state index >= 15 is 0 Å². The Labute approximate surface area is 177 Å². The molecule has 5 aromatic rings. The minimum absolute atomic E-state index is 0.273. The second kappa shape index (κ2) is 7.91. The number of para-hydroxylation sites is 1. The number of hydrogen-bond donors (Lipinski definition) is 1. The molecule has 1 atom stereocenters. The van der Waals surface area contributed by atoms with E-state index in [0.29, 0.717) is 23.7 Å². The fourth-order valence-electron chi connectivity index (χ4n) is 3.55. The van der Waals surface area contributed by atoms with Crippen LogP contribution in [0.25, 0.3) is 28.1 Å². The van der Waals surface area contributed by atoms with Gasteiger partial charge in [0.15, 0.2) is 11.4 Å². The first kappa shape index (κ1) is 18.8. The molecule has 31 heavy (non-hydrogen) atoms. The number of nitrogens with zero attached hydrogens (tertiary/aromatic N) is 4. The van der Waals surface area contributed by atoms with Gasteiger partial charge in [-0.2, -0.15) is 0 Å². The van der Waals surface area contributed by atoms with Crippen molar-refractivity contribution in [3.63, 3.8) is 0 Å². The number of fused-ring (bicyclic) bond motifs is 2. The molecule has 0 aliphatic rings. The number of pyridine rings is 1. The Balaban J connectivity index is 1.36. The molecular formula is C23H19N5O3. The number of ether oxygens (including phenoxy) is 1. The number of benzene rings is 1. The summed E-state index contributed by atoms with van der Waals surface area (Å²) in [6, 6.07) is 16.9. The van der Waals surface area contributed by atoms with Crippen LogP contribution in [0.2, 0.25) is 0 Å². The van der Waals surface area contributed by atoms with E-state index < -0.39 is 11.8 Å². The number of carbonyl (C=O) groups is 1. The van der Waals surface area contributed by atoms with Crippen LogP contribution in [0.15, 0.2) is 77.6 Å². The topological polar surface area (TPSA) is 109 Å². The van der Waals surface area contributed by atoms with Gasteiger partial charge in [-0.25, -0.2) is 9.50 Å². The number of amides is 1. The zero-order chi connectivity index (χ0) is 21.2. The van der Waals surface area contributed by atoms with Crippen molar-refractivity contribution in [3.05, 3.63) is 78.8 Å². The van der Waals surface area contributed by atoms with Crippen LogP contribution < -0.4 is 10.5 Å². The van der Waals surface area contributed by atoms with Crippen molar-refractivity contribution in [1.29, 1.82) is 0 Å². The van der Waals surface area contributed by atoms with Gasteiger partial charge in [0, 0.05) is 23.8 Å². The second-order valence-corrected chi connectivity index (χ2v) is 7.11. The summed E-state index contributed by atoms with van der Waals surface area (Å²) in [5, 5.41) is 5.55. The maximum absolute atomic E-state index is 11.9. The summed E-state index contributed by atoms with van der Waals surface area (Å²) in [5.41, 5.74) is 8.53. The monoisotopic (exact) mass is 413 g/mol. The maximum Gasteiger partial charge on any atom is 0.231 e. The van der Waals surface area contributed by atoms with Crippen molar-refractivity contribution in [2.75, 3.05) is 6.61 Å². The highest BCUT2D eigenvalue weighted by molar-refractivity contribution is 5.82.